The molecule has 4 nitrogen and oxygen atoms in total. The van der Waals surface area contributed by atoms with Crippen LogP contribution in [-0.2, 0) is 10.0 Å². The number of hydrogen-bond donors (Lipinski definition) is 2. The first-order valence-electron chi connectivity index (χ1n) is 5.14. The molecule has 0 aliphatic heterocycles. The Morgan fingerprint density at radius 3 is 2.22 bits per heavy atom. The van der Waals surface area contributed by atoms with E-state index >= 15 is 0 Å². The van der Waals surface area contributed by atoms with E-state index in [1.54, 1.807) is 6.92 Å². The van der Waals surface area contributed by atoms with Crippen molar-refractivity contribution in [2.24, 2.45) is 5.73 Å². The highest BCUT2D eigenvalue weighted by Crippen LogP contribution is 2.17. The maximum absolute atomic E-state index is 12.9. The molecule has 0 spiro atoms. The van der Waals surface area contributed by atoms with Gasteiger partial charge in [-0.2, -0.15) is 0 Å². The van der Waals surface area contributed by atoms with Crippen molar-refractivity contribution in [2.45, 2.75) is 24.3 Å². The molecule has 0 bridgehead atoms. The summed E-state index contributed by atoms with van der Waals surface area (Å²) >= 11 is 0. The number of benzene rings is 1. The fraction of sp³-hybridized carbons (Fsp3) is 0.400. The van der Waals surface area contributed by atoms with Crippen LogP contribution in [0.15, 0.2) is 17.0 Å². The van der Waals surface area contributed by atoms with E-state index in [2.05, 4.69) is 4.72 Å². The van der Waals surface area contributed by atoms with Gasteiger partial charge in [0, 0.05) is 12.6 Å². The zero-order valence-electron chi connectivity index (χ0n) is 9.58. The van der Waals surface area contributed by atoms with Crippen molar-refractivity contribution in [1.29, 1.82) is 0 Å². The highest BCUT2D eigenvalue weighted by Gasteiger charge is 2.19. The minimum absolute atomic E-state index is 0.0284. The van der Waals surface area contributed by atoms with Crippen molar-refractivity contribution >= 4 is 10.0 Å². The predicted molar refractivity (Wildman–Crippen MR) is 59.8 cm³/mol. The summed E-state index contributed by atoms with van der Waals surface area (Å²) in [4.78, 5) is -0.663. The molecule has 1 unspecified atom stereocenters. The Balaban J connectivity index is 2.92. The third-order valence-corrected chi connectivity index (χ3v) is 3.60. The zero-order chi connectivity index (χ0) is 13.9. The summed E-state index contributed by atoms with van der Waals surface area (Å²) in [5.74, 6) is -4.81. The molecule has 0 aliphatic rings. The van der Waals surface area contributed by atoms with Gasteiger partial charge in [-0.25, -0.2) is 26.3 Å². The van der Waals surface area contributed by atoms with Crippen molar-refractivity contribution in [3.8, 4) is 0 Å². The zero-order valence-corrected chi connectivity index (χ0v) is 10.4. The van der Waals surface area contributed by atoms with E-state index in [9.17, 15) is 21.6 Å². The fourth-order valence-electron chi connectivity index (χ4n) is 1.19. The Hall–Kier alpha value is -1.12. The lowest BCUT2D eigenvalue weighted by atomic mass is 10.3. The van der Waals surface area contributed by atoms with Gasteiger partial charge in [0.25, 0.3) is 0 Å². The lowest BCUT2D eigenvalue weighted by Gasteiger charge is -2.09. The molecule has 8 heteroatoms. The van der Waals surface area contributed by atoms with Crippen molar-refractivity contribution in [2.75, 3.05) is 6.54 Å². The Morgan fingerprint density at radius 1 is 1.28 bits per heavy atom. The molecule has 1 aromatic rings. The highest BCUT2D eigenvalue weighted by atomic mass is 32.2. The summed E-state index contributed by atoms with van der Waals surface area (Å²) in [6.45, 7) is 1.71. The summed E-state index contributed by atoms with van der Waals surface area (Å²) in [5.41, 5.74) is 5.42. The molecule has 0 radical (unpaired) electrons. The molecule has 3 N–H and O–H groups in total. The number of halogens is 3. The summed E-state index contributed by atoms with van der Waals surface area (Å²) in [6.07, 6.45) is 0.366. The van der Waals surface area contributed by atoms with Gasteiger partial charge in [0.15, 0.2) is 17.5 Å². The normalized spacial score (nSPS) is 13.6. The van der Waals surface area contributed by atoms with Crippen molar-refractivity contribution in [1.82, 2.24) is 4.72 Å². The minimum atomic E-state index is -4.07. The average Bonchev–Trinajstić information content (AvgIpc) is 2.24. The number of sulfonamides is 1. The lowest BCUT2D eigenvalue weighted by Crippen LogP contribution is -2.29. The molecule has 0 fully saturated rings. The third-order valence-electron chi connectivity index (χ3n) is 2.16. The van der Waals surface area contributed by atoms with Crippen LogP contribution in [0.25, 0.3) is 0 Å². The van der Waals surface area contributed by atoms with E-state index in [0.29, 0.717) is 18.6 Å². The molecule has 0 saturated heterocycles. The standard InChI is InChI=1S/C10H13F3N2O2S/c1-6(14)2-3-15-18(16,17)7-4-8(11)10(13)9(12)5-7/h4-6,15H,2-3,14H2,1H3. The van der Waals surface area contributed by atoms with Crippen molar-refractivity contribution in [3.05, 3.63) is 29.6 Å². The van der Waals surface area contributed by atoms with Gasteiger partial charge in [0.2, 0.25) is 10.0 Å². The van der Waals surface area contributed by atoms with Gasteiger partial charge in [-0.15, -0.1) is 0 Å². The molecule has 0 saturated carbocycles. The van der Waals surface area contributed by atoms with Gasteiger partial charge in [0.05, 0.1) is 4.90 Å². The first-order chi connectivity index (χ1) is 8.24. The van der Waals surface area contributed by atoms with Gasteiger partial charge in [-0.3, -0.25) is 0 Å². The van der Waals surface area contributed by atoms with Crippen LogP contribution < -0.4 is 10.5 Å². The van der Waals surface area contributed by atoms with Crippen LogP contribution in [0.2, 0.25) is 0 Å². The summed E-state index contributed by atoms with van der Waals surface area (Å²) in [7, 11) is -4.07. The Morgan fingerprint density at radius 2 is 1.78 bits per heavy atom. The third kappa shape index (κ3) is 3.69. The number of rotatable bonds is 5. The van der Waals surface area contributed by atoms with Crippen molar-refractivity contribution < 1.29 is 21.6 Å². The summed E-state index contributed by atoms with van der Waals surface area (Å²) in [5, 5.41) is 0. The fourth-order valence-corrected chi connectivity index (χ4v) is 2.26. The molecule has 1 atom stereocenters. The molecule has 1 aromatic carbocycles. The topological polar surface area (TPSA) is 72.2 Å². The molecule has 0 amide bonds. The Bertz CT molecular complexity index is 509. The van der Waals surface area contributed by atoms with E-state index < -0.39 is 32.4 Å². The first kappa shape index (κ1) is 14.9. The first-order valence-corrected chi connectivity index (χ1v) is 6.62. The molecular weight excluding hydrogens is 269 g/mol. The lowest BCUT2D eigenvalue weighted by molar-refractivity contribution is 0.442. The monoisotopic (exact) mass is 282 g/mol. The molecule has 0 heterocycles. The van der Waals surface area contributed by atoms with E-state index in [1.165, 1.54) is 0 Å². The SMILES string of the molecule is CC(N)CCNS(=O)(=O)c1cc(F)c(F)c(F)c1. The quantitative estimate of drug-likeness (QED) is 0.795. The second-order valence-electron chi connectivity index (χ2n) is 3.86. The van der Waals surface area contributed by atoms with Gasteiger partial charge in [0.1, 0.15) is 0 Å². The van der Waals surface area contributed by atoms with E-state index in [-0.39, 0.29) is 12.6 Å². The van der Waals surface area contributed by atoms with E-state index in [4.69, 9.17) is 5.73 Å². The second kappa shape index (κ2) is 5.68. The molecule has 0 aliphatic carbocycles. The average molecular weight is 282 g/mol. The predicted octanol–water partition coefficient (Wildman–Crippen LogP) is 1.12. The maximum Gasteiger partial charge on any atom is 0.240 e. The van der Waals surface area contributed by atoms with Gasteiger partial charge in [-0.05, 0) is 25.5 Å². The van der Waals surface area contributed by atoms with Crippen molar-refractivity contribution in [3.63, 3.8) is 0 Å². The number of nitrogens with one attached hydrogen (secondary N) is 1. The Labute approximate surface area is 103 Å². The minimum Gasteiger partial charge on any atom is -0.328 e. The summed E-state index contributed by atoms with van der Waals surface area (Å²) < 4.78 is 63.8. The Kier molecular flexibility index (Phi) is 4.71. The van der Waals surface area contributed by atoms with Crippen LogP contribution in [0, 0.1) is 17.5 Å². The van der Waals surface area contributed by atoms with Gasteiger partial charge in [-0.1, -0.05) is 0 Å². The number of nitrogens with two attached hydrogens (primary N) is 1. The number of hydrogen-bond acceptors (Lipinski definition) is 3. The second-order valence-corrected chi connectivity index (χ2v) is 5.63. The highest BCUT2D eigenvalue weighted by molar-refractivity contribution is 7.89. The van der Waals surface area contributed by atoms with Crippen LogP contribution in [0.3, 0.4) is 0 Å². The van der Waals surface area contributed by atoms with Crippen LogP contribution in [-0.4, -0.2) is 21.0 Å². The molecule has 0 aromatic heterocycles. The van der Waals surface area contributed by atoms with Gasteiger partial charge < -0.3 is 5.73 Å². The van der Waals surface area contributed by atoms with Gasteiger partial charge >= 0.3 is 0 Å². The maximum atomic E-state index is 12.9. The molecule has 18 heavy (non-hydrogen) atoms. The van der Waals surface area contributed by atoms with Crippen LogP contribution in [0.5, 0.6) is 0 Å². The van der Waals surface area contributed by atoms with Crippen LogP contribution in [0.1, 0.15) is 13.3 Å². The van der Waals surface area contributed by atoms with E-state index in [1.807, 2.05) is 0 Å². The van der Waals surface area contributed by atoms with Crippen LogP contribution >= 0.6 is 0 Å². The largest absolute Gasteiger partial charge is 0.328 e. The summed E-state index contributed by atoms with van der Waals surface area (Å²) in [6, 6.07) is 0.633. The molecular formula is C10H13F3N2O2S. The van der Waals surface area contributed by atoms with Crippen LogP contribution in [0.4, 0.5) is 13.2 Å². The smallest absolute Gasteiger partial charge is 0.240 e. The molecule has 1 rings (SSSR count). The molecule has 102 valence electrons. The van der Waals surface area contributed by atoms with E-state index in [0.717, 1.165) is 0 Å².